The van der Waals surface area contributed by atoms with E-state index < -0.39 is 20.1 Å². The molecule has 1 atom stereocenters. The van der Waals surface area contributed by atoms with Crippen LogP contribution in [-0.4, -0.2) is 11.3 Å². The molecule has 1 unspecified atom stereocenters. The quantitative estimate of drug-likeness (QED) is 0.825. The van der Waals surface area contributed by atoms with Crippen LogP contribution in [0.15, 0.2) is 24.3 Å². The van der Waals surface area contributed by atoms with E-state index in [2.05, 4.69) is 4.74 Å². The lowest BCUT2D eigenvalue weighted by Gasteiger charge is -2.08. The van der Waals surface area contributed by atoms with Crippen molar-refractivity contribution >= 4 is 8.03 Å². The predicted molar refractivity (Wildman–Crippen MR) is 46.7 cm³/mol. The van der Waals surface area contributed by atoms with Crippen molar-refractivity contribution in [2.24, 2.45) is 0 Å². The number of alkyl halides is 3. The summed E-state index contributed by atoms with van der Waals surface area (Å²) in [6.07, 6.45) is -4.94. The van der Waals surface area contributed by atoms with E-state index in [1.54, 1.807) is 0 Å². The summed E-state index contributed by atoms with van der Waals surface area (Å²) in [6, 6.07) is 4.99. The average Bonchev–Trinajstić information content (AvgIpc) is 1.99. The van der Waals surface area contributed by atoms with Gasteiger partial charge in [0.15, 0.2) is 0 Å². The van der Waals surface area contributed by atoms with Gasteiger partial charge in [-0.05, 0) is 16.7 Å². The van der Waals surface area contributed by atoms with Gasteiger partial charge in [-0.2, -0.15) is 4.89 Å². The molecular formula is C8H7F3O3P+. The van der Waals surface area contributed by atoms with Crippen molar-refractivity contribution in [1.82, 2.24) is 0 Å². The lowest BCUT2D eigenvalue weighted by Crippen LogP contribution is -2.17. The Morgan fingerprint density at radius 1 is 1.40 bits per heavy atom. The number of halogens is 3. The lowest BCUT2D eigenvalue weighted by atomic mass is 10.2. The zero-order chi connectivity index (χ0) is 11.5. The molecule has 1 aromatic rings. The molecule has 1 N–H and O–H groups in total. The van der Waals surface area contributed by atoms with Crippen LogP contribution in [0, 0.1) is 0 Å². The van der Waals surface area contributed by atoms with Gasteiger partial charge in [-0.3, -0.25) is 0 Å². The van der Waals surface area contributed by atoms with Crippen LogP contribution < -0.4 is 4.74 Å². The summed E-state index contributed by atoms with van der Waals surface area (Å²) in [4.78, 5) is 8.58. The molecule has 0 radical (unpaired) electrons. The molecule has 0 spiro atoms. The Kier molecular flexibility index (Phi) is 3.66. The van der Waals surface area contributed by atoms with Crippen LogP contribution in [0.25, 0.3) is 0 Å². The third-order valence-electron chi connectivity index (χ3n) is 1.45. The highest BCUT2D eigenvalue weighted by atomic mass is 31.1. The number of ether oxygens (including phenoxy) is 1. The van der Waals surface area contributed by atoms with Gasteiger partial charge in [0.25, 0.3) is 0 Å². The number of hydrogen-bond acceptors (Lipinski definition) is 2. The van der Waals surface area contributed by atoms with Crippen LogP contribution in [0.4, 0.5) is 13.2 Å². The lowest BCUT2D eigenvalue weighted by molar-refractivity contribution is -0.274. The second-order valence-corrected chi connectivity index (χ2v) is 3.73. The van der Waals surface area contributed by atoms with Gasteiger partial charge in [0.1, 0.15) is 5.75 Å². The number of hydrogen-bond donors (Lipinski definition) is 1. The van der Waals surface area contributed by atoms with Crippen molar-refractivity contribution in [3.63, 3.8) is 0 Å². The van der Waals surface area contributed by atoms with Crippen molar-refractivity contribution in [3.05, 3.63) is 29.8 Å². The van der Waals surface area contributed by atoms with Crippen molar-refractivity contribution in [2.45, 2.75) is 12.5 Å². The first-order valence-corrected chi connectivity index (χ1v) is 5.25. The highest BCUT2D eigenvalue weighted by Crippen LogP contribution is 2.27. The first-order valence-electron chi connectivity index (χ1n) is 3.85. The van der Waals surface area contributed by atoms with Crippen molar-refractivity contribution in [2.75, 3.05) is 0 Å². The van der Waals surface area contributed by atoms with Crippen molar-refractivity contribution < 1.29 is 27.4 Å². The maximum Gasteiger partial charge on any atom is 0.573 e. The first kappa shape index (κ1) is 11.9. The fraction of sp³-hybridized carbons (Fsp3) is 0.250. The van der Waals surface area contributed by atoms with E-state index in [9.17, 15) is 17.7 Å². The highest BCUT2D eigenvalue weighted by molar-refractivity contribution is 7.37. The fourth-order valence-electron chi connectivity index (χ4n) is 0.997. The molecule has 0 bridgehead atoms. The first-order chi connectivity index (χ1) is 6.87. The normalized spacial score (nSPS) is 12.4. The second-order valence-electron chi connectivity index (χ2n) is 2.71. The van der Waals surface area contributed by atoms with Crippen LogP contribution in [0.2, 0.25) is 0 Å². The number of benzene rings is 1. The third kappa shape index (κ3) is 4.76. The average molecular weight is 239 g/mol. The van der Waals surface area contributed by atoms with E-state index in [-0.39, 0.29) is 6.16 Å². The minimum atomic E-state index is -4.75. The Bertz CT molecular complexity index is 364. The van der Waals surface area contributed by atoms with Gasteiger partial charge < -0.3 is 4.74 Å². The van der Waals surface area contributed by atoms with E-state index in [1.807, 2.05) is 0 Å². The Hall–Kier alpha value is -1.13. The maximum absolute atomic E-state index is 11.8. The molecule has 0 aromatic heterocycles. The van der Waals surface area contributed by atoms with Crippen LogP contribution in [-0.2, 0) is 10.7 Å². The molecule has 82 valence electrons. The molecule has 0 aliphatic heterocycles. The molecule has 0 heterocycles. The van der Waals surface area contributed by atoms with E-state index in [4.69, 9.17) is 4.89 Å². The van der Waals surface area contributed by atoms with Crippen LogP contribution in [0.5, 0.6) is 5.75 Å². The highest BCUT2D eigenvalue weighted by Gasteiger charge is 2.31. The van der Waals surface area contributed by atoms with Gasteiger partial charge in [0.2, 0.25) is 6.16 Å². The second kappa shape index (κ2) is 4.59. The summed E-state index contributed by atoms with van der Waals surface area (Å²) in [5.74, 6) is -0.392. The van der Waals surface area contributed by atoms with Crippen LogP contribution in [0.1, 0.15) is 5.56 Å². The molecule has 0 fully saturated rings. The van der Waals surface area contributed by atoms with Crippen LogP contribution >= 0.6 is 8.03 Å². The Labute approximate surface area is 84.4 Å². The number of rotatable bonds is 3. The summed E-state index contributed by atoms with van der Waals surface area (Å²) in [5, 5.41) is 0. The minimum Gasteiger partial charge on any atom is -0.406 e. The Balaban J connectivity index is 2.79. The summed E-state index contributed by atoms with van der Waals surface area (Å²) in [7, 11) is -2.41. The smallest absolute Gasteiger partial charge is 0.406 e. The van der Waals surface area contributed by atoms with E-state index in [1.165, 1.54) is 12.1 Å². The van der Waals surface area contributed by atoms with Crippen molar-refractivity contribution in [3.8, 4) is 5.75 Å². The van der Waals surface area contributed by atoms with Gasteiger partial charge in [-0.25, -0.2) is 0 Å². The van der Waals surface area contributed by atoms with E-state index >= 15 is 0 Å². The molecule has 0 saturated carbocycles. The molecule has 0 aliphatic carbocycles. The Morgan fingerprint density at radius 3 is 2.60 bits per heavy atom. The molecule has 7 heteroatoms. The van der Waals surface area contributed by atoms with Gasteiger partial charge in [0.05, 0.1) is 0 Å². The molecule has 0 amide bonds. The molecule has 3 nitrogen and oxygen atoms in total. The molecule has 1 aromatic carbocycles. The van der Waals surface area contributed by atoms with Gasteiger partial charge in [-0.1, -0.05) is 12.1 Å². The van der Waals surface area contributed by atoms with E-state index in [0.717, 1.165) is 12.1 Å². The Morgan fingerprint density at radius 2 is 2.07 bits per heavy atom. The van der Waals surface area contributed by atoms with Gasteiger partial charge in [-0.15, -0.1) is 13.2 Å². The third-order valence-corrected chi connectivity index (χ3v) is 2.09. The zero-order valence-corrected chi connectivity index (χ0v) is 8.26. The van der Waals surface area contributed by atoms with E-state index in [0.29, 0.717) is 5.56 Å². The monoisotopic (exact) mass is 239 g/mol. The maximum atomic E-state index is 11.8. The topological polar surface area (TPSA) is 46.5 Å². The summed E-state index contributed by atoms with van der Waals surface area (Å²) in [6.45, 7) is 0. The van der Waals surface area contributed by atoms with Crippen LogP contribution in [0.3, 0.4) is 0 Å². The standard InChI is InChI=1S/C8H6F3O3P/c9-8(10,11)14-7-3-1-2-6(4-7)5-15(12)13/h1-4H,5H2/p+1. The minimum absolute atomic E-state index is 0.190. The fourth-order valence-corrected chi connectivity index (χ4v) is 1.51. The summed E-state index contributed by atoms with van der Waals surface area (Å²) in [5.41, 5.74) is 0.320. The SMILES string of the molecule is O=[P+](O)Cc1cccc(OC(F)(F)F)c1. The summed E-state index contributed by atoms with van der Waals surface area (Å²) < 4.78 is 49.5. The molecular weight excluding hydrogens is 232 g/mol. The predicted octanol–water partition coefficient (Wildman–Crippen LogP) is 2.82. The van der Waals surface area contributed by atoms with Gasteiger partial charge in [0, 0.05) is 5.56 Å². The molecule has 0 aliphatic rings. The van der Waals surface area contributed by atoms with Gasteiger partial charge >= 0.3 is 14.4 Å². The molecule has 1 rings (SSSR count). The molecule has 15 heavy (non-hydrogen) atoms. The largest absolute Gasteiger partial charge is 0.573 e. The van der Waals surface area contributed by atoms with Crippen molar-refractivity contribution in [1.29, 1.82) is 0 Å². The summed E-state index contributed by atoms with van der Waals surface area (Å²) >= 11 is 0. The zero-order valence-electron chi connectivity index (χ0n) is 7.36. The molecule has 0 saturated heterocycles.